The summed E-state index contributed by atoms with van der Waals surface area (Å²) in [6.45, 7) is 2.66. The van der Waals surface area contributed by atoms with Gasteiger partial charge in [-0.2, -0.15) is 0 Å². The molecule has 0 bridgehead atoms. The highest BCUT2D eigenvalue weighted by Gasteiger charge is 2.29. The highest BCUT2D eigenvalue weighted by atomic mass is 19.1. The second-order valence-electron chi connectivity index (χ2n) is 5.91. The maximum Gasteiger partial charge on any atom is 0.253 e. The van der Waals surface area contributed by atoms with Crippen LogP contribution in [-0.2, 0) is 4.79 Å². The fourth-order valence-corrected chi connectivity index (χ4v) is 2.80. The van der Waals surface area contributed by atoms with Crippen molar-refractivity contribution in [1.29, 1.82) is 0 Å². The molecular formula is C17H18FN3O3. The summed E-state index contributed by atoms with van der Waals surface area (Å²) in [5.41, 5.74) is 0.421. The molecule has 1 saturated heterocycles. The van der Waals surface area contributed by atoms with E-state index in [1.54, 1.807) is 17.9 Å². The number of rotatable bonds is 3. The molecule has 2 amide bonds. The van der Waals surface area contributed by atoms with Gasteiger partial charge in [0.2, 0.25) is 5.91 Å². The van der Waals surface area contributed by atoms with E-state index in [1.807, 2.05) is 0 Å². The van der Waals surface area contributed by atoms with Crippen LogP contribution in [0.5, 0.6) is 0 Å². The van der Waals surface area contributed by atoms with Crippen LogP contribution >= 0.6 is 0 Å². The molecule has 7 heteroatoms. The van der Waals surface area contributed by atoms with Gasteiger partial charge in [0.25, 0.3) is 5.91 Å². The molecule has 0 spiro atoms. The first-order valence-corrected chi connectivity index (χ1v) is 7.82. The lowest BCUT2D eigenvalue weighted by atomic mass is 9.96. The van der Waals surface area contributed by atoms with Gasteiger partial charge in [-0.1, -0.05) is 5.16 Å². The minimum Gasteiger partial charge on any atom is -0.360 e. The molecule has 1 aromatic carbocycles. The van der Waals surface area contributed by atoms with E-state index in [-0.39, 0.29) is 23.5 Å². The van der Waals surface area contributed by atoms with Crippen LogP contribution in [-0.4, -0.2) is 35.0 Å². The molecule has 1 aliphatic rings. The van der Waals surface area contributed by atoms with Crippen molar-refractivity contribution in [3.8, 4) is 0 Å². The number of likely N-dealkylation sites (tertiary alicyclic amines) is 1. The molecule has 1 aliphatic heterocycles. The largest absolute Gasteiger partial charge is 0.360 e. The topological polar surface area (TPSA) is 75.4 Å². The molecule has 126 valence electrons. The highest BCUT2D eigenvalue weighted by Crippen LogP contribution is 2.20. The first-order valence-electron chi connectivity index (χ1n) is 7.82. The normalized spacial score (nSPS) is 17.6. The van der Waals surface area contributed by atoms with Crippen LogP contribution in [0.25, 0.3) is 0 Å². The van der Waals surface area contributed by atoms with Gasteiger partial charge in [-0.05, 0) is 44.0 Å². The summed E-state index contributed by atoms with van der Waals surface area (Å²) < 4.78 is 17.9. The van der Waals surface area contributed by atoms with E-state index in [4.69, 9.17) is 4.52 Å². The minimum absolute atomic E-state index is 0.181. The molecule has 1 fully saturated rings. The molecule has 1 atom stereocenters. The van der Waals surface area contributed by atoms with E-state index in [9.17, 15) is 14.0 Å². The van der Waals surface area contributed by atoms with Crippen LogP contribution in [0.2, 0.25) is 0 Å². The molecule has 0 saturated carbocycles. The molecule has 0 aliphatic carbocycles. The Morgan fingerprint density at radius 2 is 2.08 bits per heavy atom. The molecule has 2 heterocycles. The number of nitrogens with zero attached hydrogens (tertiary/aromatic N) is 2. The number of hydrogen-bond donors (Lipinski definition) is 1. The first-order chi connectivity index (χ1) is 11.5. The van der Waals surface area contributed by atoms with E-state index < -0.39 is 0 Å². The van der Waals surface area contributed by atoms with E-state index in [0.29, 0.717) is 36.7 Å². The number of amides is 2. The highest BCUT2D eigenvalue weighted by molar-refractivity contribution is 5.96. The minimum atomic E-state index is -0.384. The zero-order chi connectivity index (χ0) is 17.1. The van der Waals surface area contributed by atoms with E-state index in [1.165, 1.54) is 24.3 Å². The molecule has 1 aromatic heterocycles. The van der Waals surface area contributed by atoms with Crippen LogP contribution in [0.15, 0.2) is 34.9 Å². The third-order valence-corrected chi connectivity index (χ3v) is 4.05. The van der Waals surface area contributed by atoms with Gasteiger partial charge in [0.15, 0.2) is 5.82 Å². The number of nitrogens with one attached hydrogen (secondary N) is 1. The predicted octanol–water partition coefficient (Wildman–Crippen LogP) is 2.61. The van der Waals surface area contributed by atoms with Gasteiger partial charge in [0.05, 0.1) is 5.92 Å². The van der Waals surface area contributed by atoms with Gasteiger partial charge >= 0.3 is 0 Å². The number of carbonyl (C=O) groups excluding carboxylic acids is 2. The summed E-state index contributed by atoms with van der Waals surface area (Å²) in [4.78, 5) is 26.5. The summed E-state index contributed by atoms with van der Waals surface area (Å²) in [5.74, 6) is -0.0725. The molecular weight excluding hydrogens is 313 g/mol. The van der Waals surface area contributed by atoms with Gasteiger partial charge in [0.1, 0.15) is 11.6 Å². The van der Waals surface area contributed by atoms with Crippen molar-refractivity contribution < 1.29 is 18.5 Å². The molecule has 1 N–H and O–H groups in total. The maximum absolute atomic E-state index is 13.0. The lowest BCUT2D eigenvalue weighted by Gasteiger charge is -2.32. The number of aromatic nitrogens is 1. The number of carbonyl (C=O) groups is 2. The van der Waals surface area contributed by atoms with Gasteiger partial charge in [-0.3, -0.25) is 9.59 Å². The predicted molar refractivity (Wildman–Crippen MR) is 84.9 cm³/mol. The molecule has 0 unspecified atom stereocenters. The smallest absolute Gasteiger partial charge is 0.253 e. The molecule has 0 radical (unpaired) electrons. The standard InChI is InChI=1S/C17H18FN3O3/c1-11-9-15(20-24-11)19-16(22)13-3-2-8-21(10-13)17(23)12-4-6-14(18)7-5-12/h4-7,9,13H,2-3,8,10H2,1H3,(H,19,20,22)/t13-/m1/s1. The van der Waals surface area contributed by atoms with Gasteiger partial charge in [-0.25, -0.2) is 4.39 Å². The fourth-order valence-electron chi connectivity index (χ4n) is 2.80. The molecule has 24 heavy (non-hydrogen) atoms. The number of hydrogen-bond acceptors (Lipinski definition) is 4. The van der Waals surface area contributed by atoms with Crippen molar-refractivity contribution in [1.82, 2.24) is 10.1 Å². The lowest BCUT2D eigenvalue weighted by molar-refractivity contribution is -0.121. The number of anilines is 1. The Hall–Kier alpha value is -2.70. The van der Waals surface area contributed by atoms with Crippen LogP contribution in [0.4, 0.5) is 10.2 Å². The van der Waals surface area contributed by atoms with Gasteiger partial charge in [-0.15, -0.1) is 0 Å². The van der Waals surface area contributed by atoms with Crippen molar-refractivity contribution in [2.75, 3.05) is 18.4 Å². The Morgan fingerprint density at radius 1 is 1.33 bits per heavy atom. The second kappa shape index (κ2) is 6.82. The van der Waals surface area contributed by atoms with Crippen molar-refractivity contribution in [2.45, 2.75) is 19.8 Å². The van der Waals surface area contributed by atoms with Crippen LogP contribution < -0.4 is 5.32 Å². The van der Waals surface area contributed by atoms with Crippen molar-refractivity contribution in [3.05, 3.63) is 47.5 Å². The Kier molecular flexibility index (Phi) is 4.59. The van der Waals surface area contributed by atoms with Gasteiger partial charge < -0.3 is 14.7 Å². The zero-order valence-corrected chi connectivity index (χ0v) is 13.3. The lowest BCUT2D eigenvalue weighted by Crippen LogP contribution is -2.43. The number of benzene rings is 1. The van der Waals surface area contributed by atoms with Crippen LogP contribution in [0.1, 0.15) is 29.0 Å². The van der Waals surface area contributed by atoms with Crippen LogP contribution in [0.3, 0.4) is 0 Å². The Labute approximate surface area is 138 Å². The maximum atomic E-state index is 13.0. The van der Waals surface area contributed by atoms with Crippen molar-refractivity contribution in [3.63, 3.8) is 0 Å². The zero-order valence-electron chi connectivity index (χ0n) is 13.3. The third kappa shape index (κ3) is 3.61. The molecule has 6 nitrogen and oxygen atoms in total. The van der Waals surface area contributed by atoms with Gasteiger partial charge in [0, 0.05) is 24.7 Å². The number of aryl methyl sites for hydroxylation is 1. The summed E-state index contributed by atoms with van der Waals surface area (Å²) in [5, 5.41) is 6.45. The molecule has 2 aromatic rings. The van der Waals surface area contributed by atoms with Crippen molar-refractivity contribution >= 4 is 17.6 Å². The third-order valence-electron chi connectivity index (χ3n) is 4.05. The summed E-state index contributed by atoms with van der Waals surface area (Å²) >= 11 is 0. The number of halogens is 1. The number of piperidine rings is 1. The second-order valence-corrected chi connectivity index (χ2v) is 5.91. The quantitative estimate of drug-likeness (QED) is 0.938. The average molecular weight is 331 g/mol. The monoisotopic (exact) mass is 331 g/mol. The van der Waals surface area contributed by atoms with E-state index >= 15 is 0 Å². The summed E-state index contributed by atoms with van der Waals surface area (Å²) in [7, 11) is 0. The Bertz CT molecular complexity index is 742. The van der Waals surface area contributed by atoms with E-state index in [2.05, 4.69) is 10.5 Å². The Morgan fingerprint density at radius 3 is 2.75 bits per heavy atom. The average Bonchev–Trinajstić information content (AvgIpc) is 3.00. The fraction of sp³-hybridized carbons (Fsp3) is 0.353. The summed E-state index contributed by atoms with van der Waals surface area (Å²) in [6, 6.07) is 7.07. The molecule has 3 rings (SSSR count). The van der Waals surface area contributed by atoms with Crippen molar-refractivity contribution in [2.24, 2.45) is 5.92 Å². The summed E-state index contributed by atoms with van der Waals surface area (Å²) in [6.07, 6.45) is 1.44. The van der Waals surface area contributed by atoms with E-state index in [0.717, 1.165) is 6.42 Å². The first kappa shape index (κ1) is 16.2. The Balaban J connectivity index is 1.64. The van der Waals surface area contributed by atoms with Crippen LogP contribution in [0, 0.1) is 18.7 Å². The SMILES string of the molecule is Cc1cc(NC(=O)[C@@H]2CCCN(C(=O)c3ccc(F)cc3)C2)no1.